The number of amides is 1. The molecule has 20 heavy (non-hydrogen) atoms. The fourth-order valence-electron chi connectivity index (χ4n) is 2.58. The molecule has 1 atom stereocenters. The SMILES string of the molecule is Nc1n[nH]c(C(=O)N2CCCC2c2ccccc2Cl)n1. The second-order valence-corrected chi connectivity index (χ2v) is 5.13. The molecule has 0 radical (unpaired) electrons. The number of aromatic amines is 1. The van der Waals surface area contributed by atoms with E-state index in [4.69, 9.17) is 17.3 Å². The Morgan fingerprint density at radius 3 is 2.95 bits per heavy atom. The van der Waals surface area contributed by atoms with Crippen LogP contribution >= 0.6 is 11.6 Å². The van der Waals surface area contributed by atoms with Crippen LogP contribution in [0.2, 0.25) is 5.02 Å². The van der Waals surface area contributed by atoms with Crippen molar-refractivity contribution in [2.45, 2.75) is 18.9 Å². The number of likely N-dealkylation sites (tertiary alicyclic amines) is 1. The molecule has 1 aromatic heterocycles. The van der Waals surface area contributed by atoms with Crippen molar-refractivity contribution < 1.29 is 4.79 Å². The molecule has 1 saturated heterocycles. The molecule has 1 fully saturated rings. The van der Waals surface area contributed by atoms with Gasteiger partial charge in [0.2, 0.25) is 11.8 Å². The largest absolute Gasteiger partial charge is 0.366 e. The molecule has 1 amide bonds. The fourth-order valence-corrected chi connectivity index (χ4v) is 2.85. The number of nitrogens with two attached hydrogens (primary N) is 1. The third-order valence-corrected chi connectivity index (χ3v) is 3.83. The van der Waals surface area contributed by atoms with Crippen molar-refractivity contribution >= 4 is 23.5 Å². The Morgan fingerprint density at radius 1 is 1.45 bits per heavy atom. The molecular weight excluding hydrogens is 278 g/mol. The van der Waals surface area contributed by atoms with Crippen molar-refractivity contribution in [3.8, 4) is 0 Å². The lowest BCUT2D eigenvalue weighted by Gasteiger charge is -2.24. The lowest BCUT2D eigenvalue weighted by atomic mass is 10.0. The molecule has 104 valence electrons. The number of hydrogen-bond donors (Lipinski definition) is 2. The smallest absolute Gasteiger partial charge is 0.291 e. The Labute approximate surface area is 120 Å². The summed E-state index contributed by atoms with van der Waals surface area (Å²) in [5, 5.41) is 6.93. The van der Waals surface area contributed by atoms with E-state index in [2.05, 4.69) is 15.2 Å². The summed E-state index contributed by atoms with van der Waals surface area (Å²) < 4.78 is 0. The van der Waals surface area contributed by atoms with E-state index in [1.165, 1.54) is 0 Å². The second-order valence-electron chi connectivity index (χ2n) is 4.72. The lowest BCUT2D eigenvalue weighted by molar-refractivity contribution is 0.0724. The van der Waals surface area contributed by atoms with Gasteiger partial charge in [-0.05, 0) is 24.5 Å². The number of carbonyl (C=O) groups is 1. The molecule has 2 heterocycles. The molecule has 0 bridgehead atoms. The molecule has 0 saturated carbocycles. The number of nitrogens with zero attached hydrogens (tertiary/aromatic N) is 3. The maximum absolute atomic E-state index is 12.4. The van der Waals surface area contributed by atoms with Gasteiger partial charge in [-0.2, -0.15) is 4.98 Å². The van der Waals surface area contributed by atoms with Crippen LogP contribution in [0.5, 0.6) is 0 Å². The quantitative estimate of drug-likeness (QED) is 0.886. The summed E-state index contributed by atoms with van der Waals surface area (Å²) in [5.74, 6) is 0.0416. The number of hydrogen-bond acceptors (Lipinski definition) is 4. The van der Waals surface area contributed by atoms with Gasteiger partial charge in [-0.25, -0.2) is 0 Å². The minimum Gasteiger partial charge on any atom is -0.366 e. The summed E-state index contributed by atoms with van der Waals surface area (Å²) in [6, 6.07) is 7.57. The highest BCUT2D eigenvalue weighted by molar-refractivity contribution is 6.31. The van der Waals surface area contributed by atoms with E-state index in [1.54, 1.807) is 4.90 Å². The van der Waals surface area contributed by atoms with Gasteiger partial charge in [0.15, 0.2) is 0 Å². The van der Waals surface area contributed by atoms with Gasteiger partial charge in [-0.1, -0.05) is 29.8 Å². The summed E-state index contributed by atoms with van der Waals surface area (Å²) in [6.07, 6.45) is 1.82. The number of nitrogens with one attached hydrogen (secondary N) is 1. The zero-order valence-electron chi connectivity index (χ0n) is 10.7. The van der Waals surface area contributed by atoms with Crippen LogP contribution in [-0.4, -0.2) is 32.5 Å². The minimum atomic E-state index is -0.198. The first-order valence-electron chi connectivity index (χ1n) is 6.40. The minimum absolute atomic E-state index is 0.0254. The topological polar surface area (TPSA) is 87.9 Å². The monoisotopic (exact) mass is 291 g/mol. The van der Waals surface area contributed by atoms with E-state index in [0.29, 0.717) is 11.6 Å². The maximum Gasteiger partial charge on any atom is 0.291 e. The molecule has 7 heteroatoms. The molecule has 0 spiro atoms. The van der Waals surface area contributed by atoms with Gasteiger partial charge >= 0.3 is 0 Å². The number of rotatable bonds is 2. The Balaban J connectivity index is 1.90. The van der Waals surface area contributed by atoms with Crippen LogP contribution in [-0.2, 0) is 0 Å². The molecule has 3 rings (SSSR count). The Hall–Kier alpha value is -2.08. The first-order chi connectivity index (χ1) is 9.66. The Kier molecular flexibility index (Phi) is 3.31. The van der Waals surface area contributed by atoms with Crippen LogP contribution < -0.4 is 5.73 Å². The van der Waals surface area contributed by atoms with Gasteiger partial charge in [0.1, 0.15) is 0 Å². The zero-order valence-corrected chi connectivity index (χ0v) is 11.5. The number of halogens is 1. The summed E-state index contributed by atoms with van der Waals surface area (Å²) in [7, 11) is 0. The van der Waals surface area contributed by atoms with Gasteiger partial charge in [0, 0.05) is 11.6 Å². The highest BCUT2D eigenvalue weighted by Crippen LogP contribution is 2.36. The highest BCUT2D eigenvalue weighted by Gasteiger charge is 2.33. The molecule has 1 aliphatic heterocycles. The average Bonchev–Trinajstić information content (AvgIpc) is 3.07. The summed E-state index contributed by atoms with van der Waals surface area (Å²) in [6.45, 7) is 0.676. The van der Waals surface area contributed by atoms with Crippen LogP contribution in [0.25, 0.3) is 0 Å². The van der Waals surface area contributed by atoms with Crippen molar-refractivity contribution in [1.82, 2.24) is 20.1 Å². The third kappa shape index (κ3) is 2.22. The molecule has 3 N–H and O–H groups in total. The standard InChI is InChI=1S/C13H14ClN5O/c14-9-5-2-1-4-8(9)10-6-3-7-19(10)12(20)11-16-13(15)18-17-11/h1-2,4-5,10H,3,6-7H2,(H3,15,16,17,18). The highest BCUT2D eigenvalue weighted by atomic mass is 35.5. The normalized spacial score (nSPS) is 18.4. The zero-order chi connectivity index (χ0) is 14.1. The van der Waals surface area contributed by atoms with E-state index in [1.807, 2.05) is 24.3 Å². The van der Waals surface area contributed by atoms with Crippen molar-refractivity contribution in [2.75, 3.05) is 12.3 Å². The van der Waals surface area contributed by atoms with E-state index in [-0.39, 0.29) is 23.7 Å². The van der Waals surface area contributed by atoms with E-state index < -0.39 is 0 Å². The van der Waals surface area contributed by atoms with Crippen LogP contribution in [0.4, 0.5) is 5.95 Å². The van der Waals surface area contributed by atoms with Gasteiger partial charge in [0.25, 0.3) is 5.91 Å². The van der Waals surface area contributed by atoms with E-state index in [0.717, 1.165) is 18.4 Å². The molecule has 2 aromatic rings. The van der Waals surface area contributed by atoms with Crippen molar-refractivity contribution in [3.05, 3.63) is 40.7 Å². The molecule has 1 unspecified atom stereocenters. The first-order valence-corrected chi connectivity index (χ1v) is 6.78. The maximum atomic E-state index is 12.4. The summed E-state index contributed by atoms with van der Waals surface area (Å²) in [4.78, 5) is 18.1. The van der Waals surface area contributed by atoms with Gasteiger partial charge in [0.05, 0.1) is 6.04 Å². The Bertz CT molecular complexity index is 641. The number of aromatic nitrogens is 3. The fraction of sp³-hybridized carbons (Fsp3) is 0.308. The molecular formula is C13H14ClN5O. The number of carbonyl (C=O) groups excluding carboxylic acids is 1. The second kappa shape index (κ2) is 5.13. The van der Waals surface area contributed by atoms with Crippen LogP contribution in [0, 0.1) is 0 Å². The Morgan fingerprint density at radius 2 is 2.25 bits per heavy atom. The lowest BCUT2D eigenvalue weighted by Crippen LogP contribution is -2.31. The van der Waals surface area contributed by atoms with Gasteiger partial charge < -0.3 is 10.6 Å². The van der Waals surface area contributed by atoms with Crippen LogP contribution in [0.3, 0.4) is 0 Å². The summed E-state index contributed by atoms with van der Waals surface area (Å²) in [5.41, 5.74) is 6.40. The van der Waals surface area contributed by atoms with Gasteiger partial charge in [-0.3, -0.25) is 9.89 Å². The van der Waals surface area contributed by atoms with Crippen LogP contribution in [0.15, 0.2) is 24.3 Å². The van der Waals surface area contributed by atoms with Crippen molar-refractivity contribution in [1.29, 1.82) is 0 Å². The molecule has 1 aromatic carbocycles. The number of anilines is 1. The summed E-state index contributed by atoms with van der Waals surface area (Å²) >= 11 is 6.23. The first kappa shape index (κ1) is 12.9. The van der Waals surface area contributed by atoms with E-state index >= 15 is 0 Å². The van der Waals surface area contributed by atoms with Crippen molar-refractivity contribution in [3.63, 3.8) is 0 Å². The third-order valence-electron chi connectivity index (χ3n) is 3.48. The molecule has 1 aliphatic rings. The number of nitrogen functional groups attached to an aromatic ring is 1. The van der Waals surface area contributed by atoms with Crippen LogP contribution in [0.1, 0.15) is 35.1 Å². The predicted molar refractivity (Wildman–Crippen MR) is 75.3 cm³/mol. The van der Waals surface area contributed by atoms with Crippen molar-refractivity contribution in [2.24, 2.45) is 0 Å². The number of benzene rings is 1. The van der Waals surface area contributed by atoms with E-state index in [9.17, 15) is 4.79 Å². The predicted octanol–water partition coefficient (Wildman–Crippen LogP) is 2.02. The molecule has 0 aliphatic carbocycles. The molecule has 6 nitrogen and oxygen atoms in total. The average molecular weight is 292 g/mol. The number of H-pyrrole nitrogens is 1. The van der Waals surface area contributed by atoms with Gasteiger partial charge in [-0.15, -0.1) is 5.10 Å².